The summed E-state index contributed by atoms with van der Waals surface area (Å²) >= 11 is 0. The van der Waals surface area contributed by atoms with Gasteiger partial charge in [-0.05, 0) is 44.0 Å². The van der Waals surface area contributed by atoms with E-state index in [4.69, 9.17) is 10.00 Å². The van der Waals surface area contributed by atoms with Crippen LogP contribution in [-0.4, -0.2) is 23.1 Å². The van der Waals surface area contributed by atoms with Gasteiger partial charge in [0, 0.05) is 18.5 Å². The number of nitrogens with zero attached hydrogens (tertiary/aromatic N) is 2. The highest BCUT2D eigenvalue weighted by Crippen LogP contribution is 2.34. The van der Waals surface area contributed by atoms with Crippen LogP contribution in [0.25, 0.3) is 0 Å². The summed E-state index contributed by atoms with van der Waals surface area (Å²) in [6.45, 7) is 10.9. The number of hydrogen-bond donors (Lipinski definition) is 0. The summed E-state index contributed by atoms with van der Waals surface area (Å²) in [4.78, 5) is 14.0. The number of ether oxygens (including phenoxy) is 1. The third-order valence-electron chi connectivity index (χ3n) is 3.57. The molecule has 4 nitrogen and oxygen atoms in total. The molecule has 0 atom stereocenters. The van der Waals surface area contributed by atoms with Gasteiger partial charge in [0.25, 0.3) is 0 Å². The molecule has 0 bridgehead atoms. The van der Waals surface area contributed by atoms with E-state index in [1.54, 1.807) is 11.0 Å². The minimum atomic E-state index is -0.494. The Kier molecular flexibility index (Phi) is 3.71. The van der Waals surface area contributed by atoms with Crippen molar-refractivity contribution in [2.75, 3.05) is 6.54 Å². The van der Waals surface area contributed by atoms with Gasteiger partial charge < -0.3 is 9.64 Å². The topological polar surface area (TPSA) is 53.3 Å². The van der Waals surface area contributed by atoms with E-state index in [9.17, 15) is 4.79 Å². The third kappa shape index (κ3) is 3.36. The molecule has 0 aromatic heterocycles. The Balaban J connectivity index is 2.30. The Morgan fingerprint density at radius 2 is 2.05 bits per heavy atom. The first-order valence-corrected chi connectivity index (χ1v) is 7.14. The van der Waals surface area contributed by atoms with Gasteiger partial charge in [-0.15, -0.1) is 0 Å². The first-order valence-electron chi connectivity index (χ1n) is 7.14. The number of carbonyl (C=O) groups is 1. The van der Waals surface area contributed by atoms with Crippen LogP contribution in [0.3, 0.4) is 0 Å². The van der Waals surface area contributed by atoms with E-state index >= 15 is 0 Å². The summed E-state index contributed by atoms with van der Waals surface area (Å²) in [6.07, 6.45) is -0.286. The second kappa shape index (κ2) is 5.07. The van der Waals surface area contributed by atoms with Gasteiger partial charge in [0.15, 0.2) is 0 Å². The van der Waals surface area contributed by atoms with E-state index in [1.165, 1.54) is 0 Å². The molecular weight excluding hydrogens is 264 g/mol. The van der Waals surface area contributed by atoms with Gasteiger partial charge >= 0.3 is 6.09 Å². The third-order valence-corrected chi connectivity index (χ3v) is 3.57. The molecule has 0 radical (unpaired) electrons. The number of rotatable bonds is 0. The lowest BCUT2D eigenvalue weighted by molar-refractivity contribution is 0.0174. The van der Waals surface area contributed by atoms with Crippen molar-refractivity contribution in [3.05, 3.63) is 34.9 Å². The second-order valence-corrected chi connectivity index (χ2v) is 7.20. The van der Waals surface area contributed by atoms with Crippen LogP contribution in [-0.2, 0) is 16.7 Å². The molecule has 0 saturated carbocycles. The zero-order valence-electron chi connectivity index (χ0n) is 13.4. The fraction of sp³-hybridized carbons (Fsp3) is 0.529. The largest absolute Gasteiger partial charge is 0.444 e. The predicted molar refractivity (Wildman–Crippen MR) is 80.8 cm³/mol. The second-order valence-electron chi connectivity index (χ2n) is 7.20. The van der Waals surface area contributed by atoms with Crippen LogP contribution in [0.2, 0.25) is 0 Å². The van der Waals surface area contributed by atoms with Crippen molar-refractivity contribution in [2.24, 2.45) is 0 Å². The number of carbonyl (C=O) groups excluding carboxylic acids is 1. The van der Waals surface area contributed by atoms with Crippen molar-refractivity contribution in [1.29, 1.82) is 5.26 Å². The molecule has 1 aromatic rings. The minimum Gasteiger partial charge on any atom is -0.444 e. The molecule has 1 heterocycles. The van der Waals surface area contributed by atoms with E-state index in [0.717, 1.165) is 11.1 Å². The van der Waals surface area contributed by atoms with Crippen molar-refractivity contribution in [2.45, 2.75) is 52.2 Å². The summed E-state index contributed by atoms with van der Waals surface area (Å²) in [6, 6.07) is 7.84. The average Bonchev–Trinajstić information content (AvgIpc) is 2.35. The molecule has 1 amide bonds. The fourth-order valence-corrected chi connectivity index (χ4v) is 2.69. The lowest BCUT2D eigenvalue weighted by Crippen LogP contribution is -2.46. The Morgan fingerprint density at radius 3 is 2.62 bits per heavy atom. The average molecular weight is 286 g/mol. The predicted octanol–water partition coefficient (Wildman–Crippen LogP) is 3.59. The summed E-state index contributed by atoms with van der Waals surface area (Å²) in [7, 11) is 0. The van der Waals surface area contributed by atoms with Crippen molar-refractivity contribution in [3.63, 3.8) is 0 Å². The molecular formula is C17H22N2O2. The van der Waals surface area contributed by atoms with Crippen LogP contribution in [0.1, 0.15) is 51.3 Å². The molecule has 1 aliphatic heterocycles. The van der Waals surface area contributed by atoms with E-state index < -0.39 is 5.60 Å². The van der Waals surface area contributed by atoms with E-state index in [1.807, 2.05) is 32.9 Å². The maximum atomic E-state index is 12.3. The molecule has 21 heavy (non-hydrogen) atoms. The number of hydrogen-bond acceptors (Lipinski definition) is 3. The van der Waals surface area contributed by atoms with Crippen molar-refractivity contribution in [1.82, 2.24) is 4.90 Å². The van der Waals surface area contributed by atoms with Crippen molar-refractivity contribution in [3.8, 4) is 6.07 Å². The van der Waals surface area contributed by atoms with Gasteiger partial charge in [0.1, 0.15) is 5.60 Å². The highest BCUT2D eigenvalue weighted by Gasteiger charge is 2.35. The zero-order chi connectivity index (χ0) is 15.8. The van der Waals surface area contributed by atoms with E-state index in [2.05, 4.69) is 19.9 Å². The Labute approximate surface area is 126 Å². The van der Waals surface area contributed by atoms with E-state index in [0.29, 0.717) is 18.7 Å². The molecule has 0 saturated heterocycles. The molecule has 2 rings (SSSR count). The van der Waals surface area contributed by atoms with Crippen molar-refractivity contribution >= 4 is 6.09 Å². The highest BCUT2D eigenvalue weighted by atomic mass is 16.6. The van der Waals surface area contributed by atoms with Gasteiger partial charge in [-0.3, -0.25) is 0 Å². The first-order chi connectivity index (χ1) is 9.62. The minimum absolute atomic E-state index is 0.197. The number of benzene rings is 1. The molecule has 4 heteroatoms. The van der Waals surface area contributed by atoms with Crippen LogP contribution in [0.5, 0.6) is 0 Å². The van der Waals surface area contributed by atoms with Crippen LogP contribution < -0.4 is 0 Å². The van der Waals surface area contributed by atoms with Gasteiger partial charge in [-0.2, -0.15) is 5.26 Å². The van der Waals surface area contributed by atoms with Gasteiger partial charge in [-0.1, -0.05) is 19.9 Å². The van der Waals surface area contributed by atoms with Crippen LogP contribution >= 0.6 is 0 Å². The quantitative estimate of drug-likeness (QED) is 0.732. The van der Waals surface area contributed by atoms with Crippen LogP contribution in [0, 0.1) is 11.3 Å². The SMILES string of the molecule is CC(C)(C)OC(=O)N1Cc2ccc(C#N)cc2C(C)(C)C1. The highest BCUT2D eigenvalue weighted by molar-refractivity contribution is 5.69. The molecule has 0 unspecified atom stereocenters. The number of nitriles is 1. The smallest absolute Gasteiger partial charge is 0.410 e. The number of fused-ring (bicyclic) bond motifs is 1. The molecule has 1 aliphatic rings. The molecule has 0 aliphatic carbocycles. The molecule has 1 aromatic carbocycles. The standard InChI is InChI=1S/C17H22N2O2/c1-16(2,3)21-15(20)19-10-13-7-6-12(9-18)8-14(13)17(4,5)11-19/h6-8H,10-11H2,1-5H3. The first kappa shape index (κ1) is 15.4. The number of amides is 1. The fourth-order valence-electron chi connectivity index (χ4n) is 2.69. The van der Waals surface area contributed by atoms with Crippen LogP contribution in [0.15, 0.2) is 18.2 Å². The zero-order valence-corrected chi connectivity index (χ0v) is 13.4. The molecule has 112 valence electrons. The van der Waals surface area contributed by atoms with Gasteiger partial charge in [-0.25, -0.2) is 4.79 Å². The molecule has 0 spiro atoms. The lowest BCUT2D eigenvalue weighted by Gasteiger charge is -2.40. The Morgan fingerprint density at radius 1 is 1.38 bits per heavy atom. The monoisotopic (exact) mass is 286 g/mol. The maximum absolute atomic E-state index is 12.3. The molecule has 0 fully saturated rings. The molecule has 0 N–H and O–H groups in total. The van der Waals surface area contributed by atoms with Gasteiger partial charge in [0.05, 0.1) is 11.6 Å². The summed E-state index contributed by atoms with van der Waals surface area (Å²) in [5.41, 5.74) is 2.19. The van der Waals surface area contributed by atoms with E-state index in [-0.39, 0.29) is 11.5 Å². The maximum Gasteiger partial charge on any atom is 0.410 e. The Hall–Kier alpha value is -2.02. The van der Waals surface area contributed by atoms with Crippen LogP contribution in [0.4, 0.5) is 4.79 Å². The lowest BCUT2D eigenvalue weighted by atomic mass is 9.78. The van der Waals surface area contributed by atoms with Gasteiger partial charge in [0.2, 0.25) is 0 Å². The Bertz CT molecular complexity index is 606. The summed E-state index contributed by atoms with van der Waals surface area (Å²) in [5.74, 6) is 0. The normalized spacial score (nSPS) is 16.9. The van der Waals surface area contributed by atoms with Crippen molar-refractivity contribution < 1.29 is 9.53 Å². The summed E-state index contributed by atoms with van der Waals surface area (Å²) < 4.78 is 5.47. The summed E-state index contributed by atoms with van der Waals surface area (Å²) in [5, 5.41) is 9.04.